The van der Waals surface area contributed by atoms with E-state index in [1.807, 2.05) is 45.9 Å². The molecule has 0 heterocycles. The summed E-state index contributed by atoms with van der Waals surface area (Å²) in [5, 5.41) is 3.84. The summed E-state index contributed by atoms with van der Waals surface area (Å²) in [5.41, 5.74) is 4.15. The maximum atomic E-state index is 13.5. The molecule has 1 N–H and O–H groups in total. The molecule has 6 heteroatoms. The second-order valence-electron chi connectivity index (χ2n) is 9.41. The van der Waals surface area contributed by atoms with Crippen molar-refractivity contribution in [3.63, 3.8) is 0 Å². The third-order valence-corrected chi connectivity index (χ3v) is 6.97. The first-order valence-electron chi connectivity index (χ1n) is 12.3. The zero-order valence-corrected chi connectivity index (χ0v) is 21.6. The van der Waals surface area contributed by atoms with Gasteiger partial charge in [-0.25, -0.2) is 0 Å². The largest absolute Gasteiger partial charge is 0.483 e. The minimum absolute atomic E-state index is 0.0840. The lowest BCUT2D eigenvalue weighted by atomic mass is 9.95. The Balaban J connectivity index is 1.78. The van der Waals surface area contributed by atoms with Crippen LogP contribution >= 0.6 is 11.6 Å². The highest BCUT2D eigenvalue weighted by Gasteiger charge is 2.30. The topological polar surface area (TPSA) is 58.6 Å². The molecule has 0 radical (unpaired) electrons. The van der Waals surface area contributed by atoms with E-state index in [4.69, 9.17) is 16.3 Å². The Hall–Kier alpha value is -2.53. The Bertz CT molecular complexity index is 984. The van der Waals surface area contributed by atoms with Crippen molar-refractivity contribution in [1.29, 1.82) is 0 Å². The average Bonchev–Trinajstić information content (AvgIpc) is 2.82. The quantitative estimate of drug-likeness (QED) is 0.482. The molecule has 1 fully saturated rings. The highest BCUT2D eigenvalue weighted by molar-refractivity contribution is 6.30. The van der Waals surface area contributed by atoms with Gasteiger partial charge in [0, 0.05) is 17.6 Å². The van der Waals surface area contributed by atoms with Gasteiger partial charge >= 0.3 is 0 Å². The molecule has 1 atom stereocenters. The Morgan fingerprint density at radius 3 is 2.41 bits per heavy atom. The summed E-state index contributed by atoms with van der Waals surface area (Å²) >= 11 is 6.05. The number of ether oxygens (including phenoxy) is 1. The highest BCUT2D eigenvalue weighted by Crippen LogP contribution is 2.24. The van der Waals surface area contributed by atoms with Crippen molar-refractivity contribution in [1.82, 2.24) is 10.2 Å². The van der Waals surface area contributed by atoms with Crippen molar-refractivity contribution in [2.75, 3.05) is 6.61 Å². The molecule has 1 saturated carbocycles. The van der Waals surface area contributed by atoms with Crippen molar-refractivity contribution in [2.24, 2.45) is 0 Å². The van der Waals surface area contributed by atoms with E-state index in [-0.39, 0.29) is 24.5 Å². The molecule has 184 valence electrons. The molecule has 0 bridgehead atoms. The normalized spacial score (nSPS) is 15.0. The second kappa shape index (κ2) is 12.3. The van der Waals surface area contributed by atoms with Gasteiger partial charge in [0.2, 0.25) is 5.91 Å². The van der Waals surface area contributed by atoms with Gasteiger partial charge in [0.1, 0.15) is 11.8 Å². The first-order chi connectivity index (χ1) is 16.3. The van der Waals surface area contributed by atoms with Crippen molar-refractivity contribution in [2.45, 2.75) is 84.8 Å². The van der Waals surface area contributed by atoms with Crippen molar-refractivity contribution in [3.05, 3.63) is 63.7 Å². The van der Waals surface area contributed by atoms with Crippen LogP contribution in [0, 0.1) is 20.8 Å². The van der Waals surface area contributed by atoms with Crippen LogP contribution in [0.15, 0.2) is 36.4 Å². The predicted molar refractivity (Wildman–Crippen MR) is 137 cm³/mol. The van der Waals surface area contributed by atoms with Crippen LogP contribution in [0.3, 0.4) is 0 Å². The molecule has 2 aromatic rings. The maximum Gasteiger partial charge on any atom is 0.261 e. The molecule has 3 rings (SSSR count). The molecule has 0 aromatic heterocycles. The van der Waals surface area contributed by atoms with Gasteiger partial charge in [-0.05, 0) is 80.5 Å². The number of aryl methyl sites for hydroxylation is 2. The summed E-state index contributed by atoms with van der Waals surface area (Å²) in [6.45, 7) is 8.18. The van der Waals surface area contributed by atoms with Gasteiger partial charge in [0.25, 0.3) is 5.91 Å². The fourth-order valence-corrected chi connectivity index (χ4v) is 4.75. The summed E-state index contributed by atoms with van der Waals surface area (Å²) in [5.74, 6) is 0.412. The molecule has 0 spiro atoms. The molecular formula is C28H37ClN2O3. The summed E-state index contributed by atoms with van der Waals surface area (Å²) in [7, 11) is 0. The number of nitrogens with one attached hydrogen (secondary N) is 1. The van der Waals surface area contributed by atoms with Crippen LogP contribution in [-0.4, -0.2) is 35.4 Å². The van der Waals surface area contributed by atoms with E-state index >= 15 is 0 Å². The van der Waals surface area contributed by atoms with Crippen molar-refractivity contribution in [3.8, 4) is 5.75 Å². The van der Waals surface area contributed by atoms with Gasteiger partial charge in [0.05, 0.1) is 0 Å². The monoisotopic (exact) mass is 484 g/mol. The van der Waals surface area contributed by atoms with E-state index in [0.717, 1.165) is 47.9 Å². The Morgan fingerprint density at radius 1 is 1.09 bits per heavy atom. The van der Waals surface area contributed by atoms with E-state index in [0.29, 0.717) is 23.7 Å². The number of rotatable bonds is 9. The number of hydrogen-bond donors (Lipinski definition) is 1. The molecule has 2 aromatic carbocycles. The van der Waals surface area contributed by atoms with Crippen molar-refractivity contribution >= 4 is 23.4 Å². The summed E-state index contributed by atoms with van der Waals surface area (Å²) in [6, 6.07) is 11.1. The Morgan fingerprint density at radius 2 is 1.76 bits per heavy atom. The molecule has 2 amide bonds. The SMILES string of the molecule is CC[C@@H](C(=O)NC1CCCCC1)N(Cc1ccc(Cl)cc1)C(=O)COc1cc(C)cc(C)c1C. The fourth-order valence-electron chi connectivity index (χ4n) is 4.62. The summed E-state index contributed by atoms with van der Waals surface area (Å²) in [6.07, 6.45) is 6.03. The number of amides is 2. The number of benzene rings is 2. The van der Waals surface area contributed by atoms with Crippen LogP contribution in [0.25, 0.3) is 0 Å². The Kier molecular flexibility index (Phi) is 9.40. The van der Waals surface area contributed by atoms with E-state index in [9.17, 15) is 9.59 Å². The van der Waals surface area contributed by atoms with Crippen LogP contribution in [0.2, 0.25) is 5.02 Å². The van der Waals surface area contributed by atoms with Gasteiger partial charge in [-0.15, -0.1) is 0 Å². The molecule has 0 aliphatic heterocycles. The molecule has 5 nitrogen and oxygen atoms in total. The van der Waals surface area contributed by atoms with Crippen LogP contribution in [0.4, 0.5) is 0 Å². The van der Waals surface area contributed by atoms with Gasteiger partial charge in [-0.3, -0.25) is 9.59 Å². The lowest BCUT2D eigenvalue weighted by molar-refractivity contribution is -0.143. The van der Waals surface area contributed by atoms with Crippen molar-refractivity contribution < 1.29 is 14.3 Å². The second-order valence-corrected chi connectivity index (χ2v) is 9.85. The summed E-state index contributed by atoms with van der Waals surface area (Å²) < 4.78 is 5.98. The van der Waals surface area contributed by atoms with Gasteiger partial charge in [-0.2, -0.15) is 0 Å². The third-order valence-electron chi connectivity index (χ3n) is 6.72. The van der Waals surface area contributed by atoms with E-state index in [1.165, 1.54) is 6.42 Å². The van der Waals surface area contributed by atoms with E-state index < -0.39 is 6.04 Å². The van der Waals surface area contributed by atoms with Crippen LogP contribution in [0.5, 0.6) is 5.75 Å². The average molecular weight is 485 g/mol. The number of carbonyl (C=O) groups excluding carboxylic acids is 2. The molecular weight excluding hydrogens is 448 g/mol. The molecule has 0 saturated heterocycles. The maximum absolute atomic E-state index is 13.5. The van der Waals surface area contributed by atoms with Gasteiger partial charge < -0.3 is 15.0 Å². The lowest BCUT2D eigenvalue weighted by Crippen LogP contribution is -2.52. The van der Waals surface area contributed by atoms with E-state index in [2.05, 4.69) is 11.4 Å². The molecule has 1 aliphatic carbocycles. The van der Waals surface area contributed by atoms with Crippen LogP contribution in [0.1, 0.15) is 67.7 Å². The fraction of sp³-hybridized carbons (Fsp3) is 0.500. The lowest BCUT2D eigenvalue weighted by Gasteiger charge is -2.32. The van der Waals surface area contributed by atoms with E-state index in [1.54, 1.807) is 17.0 Å². The number of nitrogens with zero attached hydrogens (tertiary/aromatic N) is 1. The first kappa shape index (κ1) is 26.1. The smallest absolute Gasteiger partial charge is 0.261 e. The zero-order chi connectivity index (χ0) is 24.7. The molecule has 0 unspecified atom stereocenters. The molecule has 34 heavy (non-hydrogen) atoms. The third kappa shape index (κ3) is 6.99. The first-order valence-corrected chi connectivity index (χ1v) is 12.7. The number of carbonyl (C=O) groups is 2. The Labute approximate surface area is 208 Å². The summed E-state index contributed by atoms with van der Waals surface area (Å²) in [4.78, 5) is 28.4. The standard InChI is InChI=1S/C28H37ClN2O3/c1-5-25(28(33)30-24-9-7-6-8-10-24)31(17-22-11-13-23(29)14-12-22)27(32)18-34-26-16-19(2)15-20(3)21(26)4/h11-16,24-25H,5-10,17-18H2,1-4H3,(H,30,33)/t25-/m0/s1. The predicted octanol–water partition coefficient (Wildman–Crippen LogP) is 5.90. The zero-order valence-electron chi connectivity index (χ0n) is 20.8. The number of halogens is 1. The van der Waals surface area contributed by atoms with Gasteiger partial charge in [-0.1, -0.05) is 56.0 Å². The van der Waals surface area contributed by atoms with Crippen LogP contribution < -0.4 is 10.1 Å². The minimum Gasteiger partial charge on any atom is -0.483 e. The molecule has 1 aliphatic rings. The van der Waals surface area contributed by atoms with Gasteiger partial charge in [0.15, 0.2) is 6.61 Å². The highest BCUT2D eigenvalue weighted by atomic mass is 35.5. The minimum atomic E-state index is -0.561. The van der Waals surface area contributed by atoms with Crippen LogP contribution in [-0.2, 0) is 16.1 Å². The number of hydrogen-bond acceptors (Lipinski definition) is 3.